The number of aryl methyl sites for hydroxylation is 1. The van der Waals surface area contributed by atoms with Crippen LogP contribution in [0.4, 0.5) is 4.39 Å². The fourth-order valence-electron chi connectivity index (χ4n) is 3.31. The number of amides is 1. The lowest BCUT2D eigenvalue weighted by molar-refractivity contribution is -0.120. The summed E-state index contributed by atoms with van der Waals surface area (Å²) >= 11 is 1.40. The standard InChI is InChI=1S/C23H21FN4OS/c1-15-21(16(2)28(27-15)20-9-4-3-5-10-20)13-25-22(29)12-19-14-30-23(26-19)17-7-6-8-18(24)11-17/h3-11,14H,12-13H2,1-2H3,(H,25,29). The molecule has 5 nitrogen and oxygen atoms in total. The predicted octanol–water partition coefficient (Wildman–Crippen LogP) is 4.61. The van der Waals surface area contributed by atoms with Crippen LogP contribution in [0.1, 0.15) is 22.6 Å². The van der Waals surface area contributed by atoms with Gasteiger partial charge in [0.1, 0.15) is 10.8 Å². The third kappa shape index (κ3) is 4.31. The molecule has 0 aliphatic rings. The first-order valence-corrected chi connectivity index (χ1v) is 10.5. The molecule has 1 amide bonds. The first-order valence-electron chi connectivity index (χ1n) is 9.59. The number of thiazole rings is 1. The summed E-state index contributed by atoms with van der Waals surface area (Å²) in [6.07, 6.45) is 0.177. The summed E-state index contributed by atoms with van der Waals surface area (Å²) in [5.41, 5.74) is 5.27. The number of para-hydroxylation sites is 1. The Labute approximate surface area is 178 Å². The van der Waals surface area contributed by atoms with Crippen molar-refractivity contribution in [2.45, 2.75) is 26.8 Å². The topological polar surface area (TPSA) is 59.8 Å². The van der Waals surface area contributed by atoms with Crippen molar-refractivity contribution in [2.75, 3.05) is 0 Å². The minimum Gasteiger partial charge on any atom is -0.352 e. The number of carbonyl (C=O) groups is 1. The molecule has 0 fully saturated rings. The van der Waals surface area contributed by atoms with Crippen LogP contribution in [0.15, 0.2) is 60.0 Å². The van der Waals surface area contributed by atoms with Crippen LogP contribution in [0.5, 0.6) is 0 Å². The van der Waals surface area contributed by atoms with Gasteiger partial charge in [-0.2, -0.15) is 5.10 Å². The quantitative estimate of drug-likeness (QED) is 0.496. The summed E-state index contributed by atoms with van der Waals surface area (Å²) in [4.78, 5) is 16.9. The molecule has 4 rings (SSSR count). The molecular formula is C23H21FN4OS. The number of halogens is 1. The van der Waals surface area contributed by atoms with E-state index in [2.05, 4.69) is 15.4 Å². The number of benzene rings is 2. The Balaban J connectivity index is 1.41. The van der Waals surface area contributed by atoms with Gasteiger partial charge in [0.2, 0.25) is 5.91 Å². The number of rotatable bonds is 6. The number of hydrogen-bond acceptors (Lipinski definition) is 4. The van der Waals surface area contributed by atoms with Gasteiger partial charge in [-0.1, -0.05) is 30.3 Å². The Morgan fingerprint density at radius 2 is 1.93 bits per heavy atom. The number of carbonyl (C=O) groups excluding carboxylic acids is 1. The fraction of sp³-hybridized carbons (Fsp3) is 0.174. The van der Waals surface area contributed by atoms with Crippen molar-refractivity contribution in [3.63, 3.8) is 0 Å². The number of nitrogens with one attached hydrogen (secondary N) is 1. The monoisotopic (exact) mass is 420 g/mol. The summed E-state index contributed by atoms with van der Waals surface area (Å²) in [5.74, 6) is -0.416. The highest BCUT2D eigenvalue weighted by atomic mass is 32.1. The molecule has 1 N–H and O–H groups in total. The van der Waals surface area contributed by atoms with Gasteiger partial charge in [0.25, 0.3) is 0 Å². The number of hydrogen-bond donors (Lipinski definition) is 1. The van der Waals surface area contributed by atoms with Crippen molar-refractivity contribution in [3.8, 4) is 16.3 Å². The van der Waals surface area contributed by atoms with E-state index < -0.39 is 0 Å². The van der Waals surface area contributed by atoms with E-state index in [4.69, 9.17) is 0 Å². The second kappa shape index (κ2) is 8.59. The number of aromatic nitrogens is 3. The summed E-state index contributed by atoms with van der Waals surface area (Å²) in [6, 6.07) is 16.2. The van der Waals surface area contributed by atoms with E-state index in [9.17, 15) is 9.18 Å². The lowest BCUT2D eigenvalue weighted by Crippen LogP contribution is -2.25. The lowest BCUT2D eigenvalue weighted by atomic mass is 10.2. The SMILES string of the molecule is Cc1nn(-c2ccccc2)c(C)c1CNC(=O)Cc1csc(-c2cccc(F)c2)n1. The van der Waals surface area contributed by atoms with E-state index in [1.807, 2.05) is 60.3 Å². The van der Waals surface area contributed by atoms with Crippen molar-refractivity contribution in [2.24, 2.45) is 0 Å². The zero-order valence-corrected chi connectivity index (χ0v) is 17.5. The van der Waals surface area contributed by atoms with Gasteiger partial charge in [0.05, 0.1) is 23.5 Å². The Kier molecular flexibility index (Phi) is 5.72. The van der Waals surface area contributed by atoms with Gasteiger partial charge in [-0.3, -0.25) is 4.79 Å². The van der Waals surface area contributed by atoms with Gasteiger partial charge in [0.15, 0.2) is 0 Å². The van der Waals surface area contributed by atoms with E-state index in [0.717, 1.165) is 22.6 Å². The first kappa shape index (κ1) is 20.0. The van der Waals surface area contributed by atoms with E-state index in [1.165, 1.54) is 23.5 Å². The molecule has 0 saturated heterocycles. The van der Waals surface area contributed by atoms with Crippen molar-refractivity contribution in [1.29, 1.82) is 0 Å². The predicted molar refractivity (Wildman–Crippen MR) is 116 cm³/mol. The fourth-order valence-corrected chi connectivity index (χ4v) is 4.12. The van der Waals surface area contributed by atoms with Crippen LogP contribution < -0.4 is 5.32 Å². The van der Waals surface area contributed by atoms with Crippen LogP contribution in [0.25, 0.3) is 16.3 Å². The van der Waals surface area contributed by atoms with Crippen LogP contribution in [0.3, 0.4) is 0 Å². The van der Waals surface area contributed by atoms with Crippen LogP contribution in [0.2, 0.25) is 0 Å². The summed E-state index contributed by atoms with van der Waals surface area (Å²) in [6.45, 7) is 4.35. The molecule has 0 saturated carbocycles. The van der Waals surface area contributed by atoms with Crippen molar-refractivity contribution in [3.05, 3.63) is 88.4 Å². The smallest absolute Gasteiger partial charge is 0.226 e. The highest BCUT2D eigenvalue weighted by molar-refractivity contribution is 7.13. The highest BCUT2D eigenvalue weighted by Gasteiger charge is 2.15. The summed E-state index contributed by atoms with van der Waals surface area (Å²) in [7, 11) is 0. The van der Waals surface area contributed by atoms with E-state index in [-0.39, 0.29) is 18.1 Å². The van der Waals surface area contributed by atoms with Gasteiger partial charge in [-0.05, 0) is 38.1 Å². The molecule has 2 aromatic heterocycles. The van der Waals surface area contributed by atoms with Crippen molar-refractivity contribution in [1.82, 2.24) is 20.1 Å². The second-order valence-electron chi connectivity index (χ2n) is 7.00. The average molecular weight is 421 g/mol. The molecule has 7 heteroatoms. The van der Waals surface area contributed by atoms with E-state index in [1.54, 1.807) is 6.07 Å². The Hall–Kier alpha value is -3.32. The van der Waals surface area contributed by atoms with Gasteiger partial charge < -0.3 is 5.32 Å². The zero-order valence-electron chi connectivity index (χ0n) is 16.7. The Morgan fingerprint density at radius 1 is 1.13 bits per heavy atom. The van der Waals surface area contributed by atoms with Gasteiger partial charge in [0, 0.05) is 28.7 Å². The molecule has 0 spiro atoms. The highest BCUT2D eigenvalue weighted by Crippen LogP contribution is 2.24. The average Bonchev–Trinajstić information content (AvgIpc) is 3.31. The molecule has 152 valence electrons. The molecule has 0 atom stereocenters. The molecule has 4 aromatic rings. The largest absolute Gasteiger partial charge is 0.352 e. The van der Waals surface area contributed by atoms with E-state index in [0.29, 0.717) is 22.8 Å². The van der Waals surface area contributed by atoms with Crippen LogP contribution >= 0.6 is 11.3 Å². The maximum atomic E-state index is 13.4. The molecule has 2 aromatic carbocycles. The molecular weight excluding hydrogens is 399 g/mol. The maximum Gasteiger partial charge on any atom is 0.226 e. The first-order chi connectivity index (χ1) is 14.5. The maximum absolute atomic E-state index is 13.4. The normalized spacial score (nSPS) is 10.9. The lowest BCUT2D eigenvalue weighted by Gasteiger charge is -2.07. The van der Waals surface area contributed by atoms with Crippen molar-refractivity contribution < 1.29 is 9.18 Å². The zero-order chi connectivity index (χ0) is 21.1. The van der Waals surface area contributed by atoms with E-state index >= 15 is 0 Å². The van der Waals surface area contributed by atoms with Gasteiger partial charge in [-0.25, -0.2) is 14.1 Å². The Morgan fingerprint density at radius 3 is 2.70 bits per heavy atom. The van der Waals surface area contributed by atoms with Crippen LogP contribution in [0, 0.1) is 19.7 Å². The third-order valence-corrected chi connectivity index (χ3v) is 5.81. The third-order valence-electron chi connectivity index (χ3n) is 4.87. The molecule has 0 unspecified atom stereocenters. The molecule has 0 bridgehead atoms. The summed E-state index contributed by atoms with van der Waals surface area (Å²) in [5, 5.41) is 10.1. The molecule has 0 radical (unpaired) electrons. The minimum atomic E-state index is -0.302. The molecule has 2 heterocycles. The van der Waals surface area contributed by atoms with Crippen molar-refractivity contribution >= 4 is 17.2 Å². The van der Waals surface area contributed by atoms with Crippen LogP contribution in [-0.4, -0.2) is 20.7 Å². The Bertz CT molecular complexity index is 1180. The van der Waals surface area contributed by atoms with Crippen LogP contribution in [-0.2, 0) is 17.8 Å². The molecule has 0 aliphatic heterocycles. The molecule has 0 aliphatic carbocycles. The number of nitrogens with zero attached hydrogens (tertiary/aromatic N) is 3. The molecule has 30 heavy (non-hydrogen) atoms. The van der Waals surface area contributed by atoms with Gasteiger partial charge >= 0.3 is 0 Å². The second-order valence-corrected chi connectivity index (χ2v) is 7.86. The minimum absolute atomic E-state index is 0.114. The summed E-state index contributed by atoms with van der Waals surface area (Å²) < 4.78 is 15.3. The van der Waals surface area contributed by atoms with Gasteiger partial charge in [-0.15, -0.1) is 11.3 Å².